The maximum atomic E-state index is 5.90. The molecule has 2 nitrogen and oxygen atoms in total. The Morgan fingerprint density at radius 1 is 1.00 bits per heavy atom. The molecular formula is C8H20N2Si. The lowest BCUT2D eigenvalue weighted by atomic mass is 10.1. The van der Waals surface area contributed by atoms with Gasteiger partial charge >= 0.3 is 0 Å². The van der Waals surface area contributed by atoms with E-state index in [2.05, 4.69) is 13.1 Å². The molecule has 1 rings (SSSR count). The van der Waals surface area contributed by atoms with Gasteiger partial charge in [0.25, 0.3) is 0 Å². The first-order chi connectivity index (χ1) is 5.01. The average Bonchev–Trinajstić information content (AvgIpc) is 2.03. The number of rotatable bonds is 0. The van der Waals surface area contributed by atoms with Crippen LogP contribution in [0, 0.1) is 0 Å². The summed E-state index contributed by atoms with van der Waals surface area (Å²) in [5, 5.41) is 0. The highest BCUT2D eigenvalue weighted by atomic mass is 28.3. The van der Waals surface area contributed by atoms with Gasteiger partial charge in [-0.1, -0.05) is 25.2 Å². The molecule has 1 fully saturated rings. The summed E-state index contributed by atoms with van der Waals surface area (Å²) in [7, 11) is -0.884. The largest absolute Gasteiger partial charge is 0.326 e. The summed E-state index contributed by atoms with van der Waals surface area (Å²) in [5.41, 5.74) is 11.8. The molecule has 0 amide bonds. The second kappa shape index (κ2) is 3.25. The van der Waals surface area contributed by atoms with Crippen LogP contribution >= 0.6 is 0 Å². The van der Waals surface area contributed by atoms with Crippen molar-refractivity contribution in [1.82, 2.24) is 0 Å². The van der Waals surface area contributed by atoms with Gasteiger partial charge in [0, 0.05) is 20.2 Å². The SMILES string of the molecule is C[Si]1(C)CC[C@H](N)[C@@H](N)CC1. The van der Waals surface area contributed by atoms with Crippen LogP contribution in [0.2, 0.25) is 25.2 Å². The molecule has 4 N–H and O–H groups in total. The summed E-state index contributed by atoms with van der Waals surface area (Å²) in [6.45, 7) is 4.88. The molecule has 2 atom stereocenters. The Kier molecular flexibility index (Phi) is 2.73. The Bertz CT molecular complexity index is 122. The van der Waals surface area contributed by atoms with Gasteiger partial charge in [0.05, 0.1) is 0 Å². The molecule has 66 valence electrons. The Labute approximate surface area is 70.3 Å². The van der Waals surface area contributed by atoms with E-state index in [0.29, 0.717) is 0 Å². The molecule has 1 aliphatic rings. The number of hydrogen-bond donors (Lipinski definition) is 2. The molecular weight excluding hydrogens is 152 g/mol. The topological polar surface area (TPSA) is 52.0 Å². The van der Waals surface area contributed by atoms with Crippen LogP contribution in [0.1, 0.15) is 12.8 Å². The Morgan fingerprint density at radius 3 is 1.73 bits per heavy atom. The first kappa shape index (κ1) is 9.23. The first-order valence-corrected chi connectivity index (χ1v) is 7.94. The molecule has 0 bridgehead atoms. The van der Waals surface area contributed by atoms with E-state index in [1.54, 1.807) is 0 Å². The summed E-state index contributed by atoms with van der Waals surface area (Å²) in [4.78, 5) is 0. The lowest BCUT2D eigenvalue weighted by molar-refractivity contribution is 0.510. The van der Waals surface area contributed by atoms with E-state index in [9.17, 15) is 0 Å². The molecule has 0 aromatic heterocycles. The third kappa shape index (κ3) is 2.58. The molecule has 0 spiro atoms. The van der Waals surface area contributed by atoms with E-state index >= 15 is 0 Å². The highest BCUT2D eigenvalue weighted by molar-refractivity contribution is 6.77. The van der Waals surface area contributed by atoms with Gasteiger partial charge in [-0.15, -0.1) is 0 Å². The summed E-state index contributed by atoms with van der Waals surface area (Å²) < 4.78 is 0. The highest BCUT2D eigenvalue weighted by Crippen LogP contribution is 2.25. The molecule has 0 saturated carbocycles. The fourth-order valence-electron chi connectivity index (χ4n) is 1.67. The van der Waals surface area contributed by atoms with E-state index in [1.165, 1.54) is 12.1 Å². The summed E-state index contributed by atoms with van der Waals surface area (Å²) in [6.07, 6.45) is 2.31. The van der Waals surface area contributed by atoms with Crippen molar-refractivity contribution < 1.29 is 0 Å². The minimum absolute atomic E-state index is 0.268. The Hall–Kier alpha value is 0.137. The second-order valence-corrected chi connectivity index (χ2v) is 9.90. The van der Waals surface area contributed by atoms with Gasteiger partial charge in [0.2, 0.25) is 0 Å². The van der Waals surface area contributed by atoms with Crippen LogP contribution in [0.15, 0.2) is 0 Å². The lowest BCUT2D eigenvalue weighted by Gasteiger charge is -2.18. The summed E-state index contributed by atoms with van der Waals surface area (Å²) in [6, 6.07) is 3.26. The zero-order chi connectivity index (χ0) is 8.48. The molecule has 3 heteroatoms. The third-order valence-electron chi connectivity index (χ3n) is 2.86. The van der Waals surface area contributed by atoms with E-state index < -0.39 is 8.07 Å². The van der Waals surface area contributed by atoms with Gasteiger partial charge in [-0.3, -0.25) is 0 Å². The van der Waals surface area contributed by atoms with Crippen LogP contribution in [0.4, 0.5) is 0 Å². The molecule has 1 saturated heterocycles. The van der Waals surface area contributed by atoms with Gasteiger partial charge < -0.3 is 11.5 Å². The van der Waals surface area contributed by atoms with Crippen molar-refractivity contribution >= 4 is 8.07 Å². The van der Waals surface area contributed by atoms with Crippen LogP contribution in [0.25, 0.3) is 0 Å². The standard InChI is InChI=1S/C8H20N2Si/c1-11(2)5-3-7(9)8(10)4-6-11/h7-8H,3-6,9-10H2,1-2H3/t7-,8-/m0/s1. The van der Waals surface area contributed by atoms with Gasteiger partial charge in [-0.05, 0) is 12.8 Å². The minimum Gasteiger partial charge on any atom is -0.326 e. The van der Waals surface area contributed by atoms with E-state index in [1.807, 2.05) is 0 Å². The predicted octanol–water partition coefficient (Wildman–Crippen LogP) is 1.14. The van der Waals surface area contributed by atoms with Crippen molar-refractivity contribution in [3.63, 3.8) is 0 Å². The predicted molar refractivity (Wildman–Crippen MR) is 52.3 cm³/mol. The summed E-state index contributed by atoms with van der Waals surface area (Å²) >= 11 is 0. The van der Waals surface area contributed by atoms with Crippen LogP contribution < -0.4 is 11.5 Å². The van der Waals surface area contributed by atoms with Crippen LogP contribution in [0.5, 0.6) is 0 Å². The lowest BCUT2D eigenvalue weighted by Crippen LogP contribution is -2.39. The highest BCUT2D eigenvalue weighted by Gasteiger charge is 2.28. The van der Waals surface area contributed by atoms with Crippen molar-refractivity contribution in [3.05, 3.63) is 0 Å². The Morgan fingerprint density at radius 2 is 1.36 bits per heavy atom. The quantitative estimate of drug-likeness (QED) is 0.538. The van der Waals surface area contributed by atoms with E-state index in [0.717, 1.165) is 12.8 Å². The van der Waals surface area contributed by atoms with Gasteiger partial charge in [0.1, 0.15) is 0 Å². The molecule has 11 heavy (non-hydrogen) atoms. The average molecular weight is 172 g/mol. The van der Waals surface area contributed by atoms with Crippen molar-refractivity contribution in [3.8, 4) is 0 Å². The fraction of sp³-hybridized carbons (Fsp3) is 1.00. The van der Waals surface area contributed by atoms with Crippen molar-refractivity contribution in [2.24, 2.45) is 11.5 Å². The third-order valence-corrected chi connectivity index (χ3v) is 6.14. The van der Waals surface area contributed by atoms with Crippen molar-refractivity contribution in [2.45, 2.75) is 50.1 Å². The van der Waals surface area contributed by atoms with E-state index in [4.69, 9.17) is 11.5 Å². The monoisotopic (exact) mass is 172 g/mol. The van der Waals surface area contributed by atoms with Gasteiger partial charge in [-0.2, -0.15) is 0 Å². The number of nitrogens with two attached hydrogens (primary N) is 2. The fourth-order valence-corrected chi connectivity index (χ4v) is 4.15. The zero-order valence-electron chi connectivity index (χ0n) is 7.64. The Balaban J connectivity index is 2.51. The van der Waals surface area contributed by atoms with Gasteiger partial charge in [-0.25, -0.2) is 0 Å². The number of hydrogen-bond acceptors (Lipinski definition) is 2. The minimum atomic E-state index is -0.884. The smallest absolute Gasteiger partial charge is 0.0474 e. The first-order valence-electron chi connectivity index (χ1n) is 4.52. The molecule has 0 unspecified atom stereocenters. The second-order valence-electron chi connectivity index (χ2n) is 4.57. The zero-order valence-corrected chi connectivity index (χ0v) is 8.64. The normalized spacial score (nSPS) is 38.2. The molecule has 1 heterocycles. The molecule has 0 radical (unpaired) electrons. The van der Waals surface area contributed by atoms with E-state index in [-0.39, 0.29) is 12.1 Å². The molecule has 0 aromatic carbocycles. The molecule has 0 aromatic rings. The van der Waals surface area contributed by atoms with Crippen LogP contribution in [-0.4, -0.2) is 20.2 Å². The van der Waals surface area contributed by atoms with Gasteiger partial charge in [0.15, 0.2) is 0 Å². The van der Waals surface area contributed by atoms with Crippen LogP contribution in [0.3, 0.4) is 0 Å². The maximum Gasteiger partial charge on any atom is 0.0474 e. The van der Waals surface area contributed by atoms with Crippen molar-refractivity contribution in [2.75, 3.05) is 0 Å². The van der Waals surface area contributed by atoms with Crippen molar-refractivity contribution in [1.29, 1.82) is 0 Å². The summed E-state index contributed by atoms with van der Waals surface area (Å²) in [5.74, 6) is 0. The van der Waals surface area contributed by atoms with Crippen LogP contribution in [-0.2, 0) is 0 Å². The molecule has 1 aliphatic heterocycles. The molecule has 0 aliphatic carbocycles. The maximum absolute atomic E-state index is 5.90.